The number of rotatable bonds is 50. The molecule has 0 fully saturated rings. The molecule has 0 radical (unpaired) electrons. The Balaban J connectivity index is 5.43. The van der Waals surface area contributed by atoms with Gasteiger partial charge in [-0.2, -0.15) is 0 Å². The molecule has 0 aromatic rings. The molecule has 10 heteroatoms. The topological polar surface area (TPSA) is 111 Å². The Kier molecular flexibility index (Phi) is 45.7. The van der Waals surface area contributed by atoms with Gasteiger partial charge in [0.1, 0.15) is 19.3 Å². The molecule has 0 heterocycles. The summed E-state index contributed by atoms with van der Waals surface area (Å²) in [5.41, 5.74) is 0. The van der Waals surface area contributed by atoms with E-state index in [9.17, 15) is 19.0 Å². The van der Waals surface area contributed by atoms with Crippen LogP contribution < -0.4 is 5.32 Å². The predicted octanol–water partition coefficient (Wildman–Crippen LogP) is 16.4. The van der Waals surface area contributed by atoms with E-state index in [-0.39, 0.29) is 37.9 Å². The standard InChI is InChI=1S/C56H107N2O7P/c1-7-10-13-16-19-22-25-28-29-31-34-37-40-43-46-49-56(60)65-54(47-44-41-38-35-32-27-24-21-18-15-12-9-3)53(52-64-66(61,62)63-51-50-58(4,5)6)57-55(59)48-45-42-39-36-33-30-26-23-20-17-14-11-8-2/h30,33,39,42,44,47,53-54H,7-29,31-32,34-38,40-41,43,45-46,48-52H2,1-6H3,(H-,57,59,61,62)/p+1/b33-30-,42-39+,47-44+. The molecule has 0 aromatic heterocycles. The van der Waals surface area contributed by atoms with E-state index in [0.717, 1.165) is 51.4 Å². The molecule has 0 aliphatic carbocycles. The first-order valence-electron chi connectivity index (χ1n) is 27.8. The first-order chi connectivity index (χ1) is 31.9. The van der Waals surface area contributed by atoms with Gasteiger partial charge in [-0.1, -0.05) is 231 Å². The molecule has 388 valence electrons. The summed E-state index contributed by atoms with van der Waals surface area (Å²) in [5, 5.41) is 3.00. The molecule has 9 nitrogen and oxygen atoms in total. The summed E-state index contributed by atoms with van der Waals surface area (Å²) in [6.07, 6.45) is 54.4. The third-order valence-electron chi connectivity index (χ3n) is 12.3. The molecular weight excluding hydrogens is 844 g/mol. The largest absolute Gasteiger partial charge is 0.472 e. The lowest BCUT2D eigenvalue weighted by Gasteiger charge is -2.27. The van der Waals surface area contributed by atoms with Crippen LogP contribution in [0.1, 0.15) is 258 Å². The Morgan fingerprint density at radius 2 is 0.939 bits per heavy atom. The minimum Gasteiger partial charge on any atom is -0.456 e. The van der Waals surface area contributed by atoms with E-state index in [1.165, 1.54) is 167 Å². The fourth-order valence-corrected chi connectivity index (χ4v) is 8.73. The van der Waals surface area contributed by atoms with Crippen molar-refractivity contribution in [3.63, 3.8) is 0 Å². The number of carbonyl (C=O) groups excluding carboxylic acids is 2. The lowest BCUT2D eigenvalue weighted by Crippen LogP contribution is -2.47. The fourth-order valence-electron chi connectivity index (χ4n) is 7.99. The van der Waals surface area contributed by atoms with Crippen molar-refractivity contribution in [2.24, 2.45) is 0 Å². The Morgan fingerprint density at radius 1 is 0.530 bits per heavy atom. The Bertz CT molecular complexity index is 1230. The number of ether oxygens (including phenoxy) is 1. The van der Waals surface area contributed by atoms with Gasteiger partial charge in [0.05, 0.1) is 33.8 Å². The Hall–Kier alpha value is -1.77. The van der Waals surface area contributed by atoms with Crippen molar-refractivity contribution < 1.29 is 37.3 Å². The fraction of sp³-hybridized carbons (Fsp3) is 0.857. The third kappa shape index (κ3) is 47.3. The lowest BCUT2D eigenvalue weighted by molar-refractivity contribution is -0.870. The van der Waals surface area contributed by atoms with Gasteiger partial charge in [0.2, 0.25) is 5.91 Å². The minimum atomic E-state index is -4.45. The van der Waals surface area contributed by atoms with Crippen molar-refractivity contribution in [1.29, 1.82) is 0 Å². The maximum atomic E-state index is 13.4. The SMILES string of the molecule is CCCCCCCC/C=C\C/C=C/CCC(=O)NC(COP(=O)(O)OCC[N+](C)(C)C)C(/C=C/CCCCCCCCCCCC)OC(=O)CCCCCCCCCCCCCCCCC. The highest BCUT2D eigenvalue weighted by Gasteiger charge is 2.30. The van der Waals surface area contributed by atoms with Crippen molar-refractivity contribution in [1.82, 2.24) is 5.32 Å². The van der Waals surface area contributed by atoms with Crippen LogP contribution in [0, 0.1) is 0 Å². The molecule has 2 N–H and O–H groups in total. The molecule has 3 atom stereocenters. The third-order valence-corrected chi connectivity index (χ3v) is 13.3. The summed E-state index contributed by atoms with van der Waals surface area (Å²) < 4.78 is 30.5. The maximum absolute atomic E-state index is 13.4. The normalized spacial score (nSPS) is 14.1. The zero-order chi connectivity index (χ0) is 48.7. The number of nitrogens with zero attached hydrogens (tertiary/aromatic N) is 1. The maximum Gasteiger partial charge on any atom is 0.472 e. The van der Waals surface area contributed by atoms with Crippen LogP contribution in [0.2, 0.25) is 0 Å². The van der Waals surface area contributed by atoms with Gasteiger partial charge in [-0.3, -0.25) is 18.6 Å². The van der Waals surface area contributed by atoms with Crippen LogP contribution in [0.15, 0.2) is 36.5 Å². The summed E-state index contributed by atoms with van der Waals surface area (Å²) >= 11 is 0. The van der Waals surface area contributed by atoms with Gasteiger partial charge < -0.3 is 19.4 Å². The van der Waals surface area contributed by atoms with Crippen LogP contribution in [0.25, 0.3) is 0 Å². The Labute approximate surface area is 408 Å². The van der Waals surface area contributed by atoms with Crippen molar-refractivity contribution in [3.05, 3.63) is 36.5 Å². The van der Waals surface area contributed by atoms with E-state index in [1.54, 1.807) is 0 Å². The summed E-state index contributed by atoms with van der Waals surface area (Å²) in [6, 6.07) is -0.872. The van der Waals surface area contributed by atoms with Crippen molar-refractivity contribution in [2.45, 2.75) is 270 Å². The van der Waals surface area contributed by atoms with E-state index in [0.29, 0.717) is 17.4 Å². The lowest BCUT2D eigenvalue weighted by atomic mass is 10.0. The molecule has 0 aliphatic heterocycles. The quantitative estimate of drug-likeness (QED) is 0.0205. The average molecular weight is 952 g/mol. The average Bonchev–Trinajstić information content (AvgIpc) is 3.27. The number of carbonyl (C=O) groups is 2. The van der Waals surface area contributed by atoms with E-state index in [2.05, 4.69) is 44.3 Å². The van der Waals surface area contributed by atoms with E-state index in [1.807, 2.05) is 39.4 Å². The molecule has 0 aromatic carbocycles. The van der Waals surface area contributed by atoms with Crippen molar-refractivity contribution in [2.75, 3.05) is 40.9 Å². The first kappa shape index (κ1) is 64.2. The molecule has 1 amide bonds. The molecule has 66 heavy (non-hydrogen) atoms. The molecule has 0 spiro atoms. The van der Waals surface area contributed by atoms with E-state index in [4.69, 9.17) is 13.8 Å². The molecule has 3 unspecified atom stereocenters. The second-order valence-electron chi connectivity index (χ2n) is 20.1. The number of hydrogen-bond acceptors (Lipinski definition) is 6. The number of unbranched alkanes of at least 4 members (excludes halogenated alkanes) is 30. The number of allylic oxidation sites excluding steroid dienone is 5. The van der Waals surface area contributed by atoms with Gasteiger partial charge in [-0.15, -0.1) is 0 Å². The van der Waals surface area contributed by atoms with Crippen LogP contribution in [0.4, 0.5) is 0 Å². The van der Waals surface area contributed by atoms with Gasteiger partial charge >= 0.3 is 13.8 Å². The number of esters is 1. The second kappa shape index (κ2) is 46.9. The number of likely N-dealkylation sites (N-methyl/N-ethyl adjacent to an activating group) is 1. The number of amides is 1. The predicted molar refractivity (Wildman–Crippen MR) is 282 cm³/mol. The summed E-state index contributed by atoms with van der Waals surface area (Å²) in [5.74, 6) is -0.575. The summed E-state index contributed by atoms with van der Waals surface area (Å²) in [6.45, 7) is 6.97. The summed E-state index contributed by atoms with van der Waals surface area (Å²) in [7, 11) is 1.47. The number of phosphoric ester groups is 1. The molecule has 0 rings (SSSR count). The number of quaternary nitrogens is 1. The van der Waals surface area contributed by atoms with E-state index < -0.39 is 20.0 Å². The molecular formula is C56H108N2O7P+. The second-order valence-corrected chi connectivity index (χ2v) is 21.6. The number of phosphoric acid groups is 1. The zero-order valence-electron chi connectivity index (χ0n) is 44.2. The van der Waals surface area contributed by atoms with Crippen LogP contribution >= 0.6 is 7.82 Å². The minimum absolute atomic E-state index is 0.0330. The van der Waals surface area contributed by atoms with Gasteiger partial charge in [0, 0.05) is 12.8 Å². The van der Waals surface area contributed by atoms with Crippen molar-refractivity contribution >= 4 is 19.7 Å². The highest BCUT2D eigenvalue weighted by molar-refractivity contribution is 7.47. The number of hydrogen-bond donors (Lipinski definition) is 2. The van der Waals surface area contributed by atoms with Crippen LogP contribution in [0.5, 0.6) is 0 Å². The zero-order valence-corrected chi connectivity index (χ0v) is 45.1. The highest BCUT2D eigenvalue weighted by Crippen LogP contribution is 2.43. The van der Waals surface area contributed by atoms with Crippen LogP contribution in [0.3, 0.4) is 0 Å². The smallest absolute Gasteiger partial charge is 0.456 e. The van der Waals surface area contributed by atoms with Crippen LogP contribution in [-0.4, -0.2) is 74.3 Å². The Morgan fingerprint density at radius 3 is 1.39 bits per heavy atom. The van der Waals surface area contributed by atoms with Gasteiger partial charge in [0.15, 0.2) is 0 Å². The molecule has 0 saturated carbocycles. The summed E-state index contributed by atoms with van der Waals surface area (Å²) in [4.78, 5) is 37.4. The highest BCUT2D eigenvalue weighted by atomic mass is 31.2. The van der Waals surface area contributed by atoms with E-state index >= 15 is 0 Å². The van der Waals surface area contributed by atoms with Gasteiger partial charge in [-0.05, 0) is 51.0 Å². The first-order valence-corrected chi connectivity index (χ1v) is 29.3. The molecule has 0 aliphatic rings. The van der Waals surface area contributed by atoms with Gasteiger partial charge in [-0.25, -0.2) is 4.57 Å². The van der Waals surface area contributed by atoms with Crippen LogP contribution in [-0.2, 0) is 27.9 Å². The monoisotopic (exact) mass is 952 g/mol. The molecule has 0 saturated heterocycles. The van der Waals surface area contributed by atoms with Gasteiger partial charge in [0.25, 0.3) is 0 Å². The number of nitrogens with one attached hydrogen (secondary N) is 1. The van der Waals surface area contributed by atoms with Crippen molar-refractivity contribution in [3.8, 4) is 0 Å². The molecule has 0 bridgehead atoms.